The van der Waals surface area contributed by atoms with Crippen LogP contribution in [0.3, 0.4) is 0 Å². The molecule has 0 aliphatic carbocycles. The van der Waals surface area contributed by atoms with Crippen LogP contribution in [0.2, 0.25) is 0 Å². The molecular formula is C13H22N2O4. The summed E-state index contributed by atoms with van der Waals surface area (Å²) in [6.45, 7) is 8.03. The summed E-state index contributed by atoms with van der Waals surface area (Å²) >= 11 is 0. The van der Waals surface area contributed by atoms with Crippen molar-refractivity contribution in [2.75, 3.05) is 39.5 Å². The van der Waals surface area contributed by atoms with Gasteiger partial charge in [0.1, 0.15) is 12.6 Å². The van der Waals surface area contributed by atoms with Gasteiger partial charge in [-0.1, -0.05) is 0 Å². The van der Waals surface area contributed by atoms with Crippen molar-refractivity contribution in [2.45, 2.75) is 26.8 Å². The predicted octanol–water partition coefficient (Wildman–Crippen LogP) is 0.300. The van der Waals surface area contributed by atoms with E-state index >= 15 is 0 Å². The van der Waals surface area contributed by atoms with Gasteiger partial charge in [-0.2, -0.15) is 0 Å². The van der Waals surface area contributed by atoms with Crippen LogP contribution in [0, 0.1) is 0 Å². The molecule has 0 saturated carbocycles. The lowest BCUT2D eigenvalue weighted by Crippen LogP contribution is -2.50. The lowest BCUT2D eigenvalue weighted by atomic mass is 10.1. The van der Waals surface area contributed by atoms with Crippen LogP contribution in [0.5, 0.6) is 0 Å². The molecular weight excluding hydrogens is 248 g/mol. The second-order valence-electron chi connectivity index (χ2n) is 4.42. The van der Waals surface area contributed by atoms with Gasteiger partial charge in [0.05, 0.1) is 19.8 Å². The zero-order valence-electron chi connectivity index (χ0n) is 11.8. The standard InChI is InChI=1S/C13H22N2O4/c1-4-19-12(17)9-14-10(2)13(11(3)16)15-5-7-18-8-6-15/h13H,4-9H2,1-3H3. The fraction of sp³-hybridized carbons (Fsp3) is 0.769. The van der Waals surface area contributed by atoms with Crippen molar-refractivity contribution in [3.05, 3.63) is 0 Å². The second kappa shape index (κ2) is 8.01. The third kappa shape index (κ3) is 5.08. The number of aliphatic imine (C=N–C) groups is 1. The summed E-state index contributed by atoms with van der Waals surface area (Å²) in [5.41, 5.74) is 0.655. The van der Waals surface area contributed by atoms with Crippen LogP contribution in [-0.4, -0.2) is 67.9 Å². The first-order chi connectivity index (χ1) is 9.06. The van der Waals surface area contributed by atoms with Crippen LogP contribution in [0.4, 0.5) is 0 Å². The van der Waals surface area contributed by atoms with Gasteiger partial charge in [0.25, 0.3) is 0 Å². The molecule has 0 N–H and O–H groups in total. The summed E-state index contributed by atoms with van der Waals surface area (Å²) in [7, 11) is 0. The maximum absolute atomic E-state index is 11.8. The fourth-order valence-electron chi connectivity index (χ4n) is 2.13. The van der Waals surface area contributed by atoms with E-state index in [-0.39, 0.29) is 24.3 Å². The Bertz CT molecular complexity index is 349. The number of rotatable bonds is 6. The molecule has 0 radical (unpaired) electrons. The Kier molecular flexibility index (Phi) is 6.66. The molecule has 1 aliphatic heterocycles. The number of carbonyl (C=O) groups is 2. The van der Waals surface area contributed by atoms with Crippen molar-refractivity contribution in [2.24, 2.45) is 4.99 Å². The SMILES string of the molecule is CCOC(=O)CN=C(C)C(C(C)=O)N1CCOCC1. The molecule has 0 aromatic heterocycles. The molecule has 0 aromatic carbocycles. The molecule has 108 valence electrons. The molecule has 1 atom stereocenters. The molecule has 1 aliphatic rings. The number of Topliss-reactive ketones (excluding diaryl/α,β-unsaturated/α-hetero) is 1. The first-order valence-electron chi connectivity index (χ1n) is 6.55. The molecule has 0 bridgehead atoms. The van der Waals surface area contributed by atoms with Crippen molar-refractivity contribution in [3.8, 4) is 0 Å². The van der Waals surface area contributed by atoms with E-state index in [0.717, 1.165) is 0 Å². The van der Waals surface area contributed by atoms with Gasteiger partial charge >= 0.3 is 5.97 Å². The molecule has 6 nitrogen and oxygen atoms in total. The normalized spacial score (nSPS) is 19.0. The van der Waals surface area contributed by atoms with Crippen LogP contribution in [-0.2, 0) is 19.1 Å². The van der Waals surface area contributed by atoms with E-state index in [1.54, 1.807) is 20.8 Å². The van der Waals surface area contributed by atoms with Crippen molar-refractivity contribution in [1.29, 1.82) is 0 Å². The number of hydrogen-bond donors (Lipinski definition) is 0. The first kappa shape index (κ1) is 15.8. The first-order valence-corrected chi connectivity index (χ1v) is 6.55. The monoisotopic (exact) mass is 270 g/mol. The van der Waals surface area contributed by atoms with Crippen LogP contribution in [0.25, 0.3) is 0 Å². The summed E-state index contributed by atoms with van der Waals surface area (Å²) in [5, 5.41) is 0. The van der Waals surface area contributed by atoms with Gasteiger partial charge in [0.15, 0.2) is 5.78 Å². The Balaban J connectivity index is 2.66. The number of hydrogen-bond acceptors (Lipinski definition) is 6. The van der Waals surface area contributed by atoms with Gasteiger partial charge in [-0.15, -0.1) is 0 Å². The number of nitrogens with zero attached hydrogens (tertiary/aromatic N) is 2. The van der Waals surface area contributed by atoms with Gasteiger partial charge in [-0.3, -0.25) is 19.5 Å². The third-order valence-electron chi connectivity index (χ3n) is 2.95. The fourth-order valence-corrected chi connectivity index (χ4v) is 2.13. The zero-order chi connectivity index (χ0) is 14.3. The molecule has 19 heavy (non-hydrogen) atoms. The van der Waals surface area contributed by atoms with E-state index in [4.69, 9.17) is 9.47 Å². The summed E-state index contributed by atoms with van der Waals surface area (Å²) in [5.74, 6) is -0.335. The highest BCUT2D eigenvalue weighted by atomic mass is 16.5. The zero-order valence-corrected chi connectivity index (χ0v) is 11.8. The van der Waals surface area contributed by atoms with Gasteiger partial charge < -0.3 is 9.47 Å². The van der Waals surface area contributed by atoms with E-state index < -0.39 is 0 Å². The number of ketones is 1. The number of ether oxygens (including phenoxy) is 2. The lowest BCUT2D eigenvalue weighted by Gasteiger charge is -2.32. The minimum atomic E-state index is -0.369. The summed E-state index contributed by atoms with van der Waals surface area (Å²) in [6, 6.07) is -0.363. The van der Waals surface area contributed by atoms with Crippen molar-refractivity contribution >= 4 is 17.5 Å². The smallest absolute Gasteiger partial charge is 0.327 e. The molecule has 1 rings (SSSR count). The average molecular weight is 270 g/mol. The average Bonchev–Trinajstić information content (AvgIpc) is 2.38. The van der Waals surface area contributed by atoms with Gasteiger partial charge in [0.2, 0.25) is 0 Å². The van der Waals surface area contributed by atoms with Gasteiger partial charge in [0, 0.05) is 18.8 Å². The quantitative estimate of drug-likeness (QED) is 0.513. The van der Waals surface area contributed by atoms with Crippen molar-refractivity contribution < 1.29 is 19.1 Å². The Morgan fingerprint density at radius 1 is 1.32 bits per heavy atom. The Hall–Kier alpha value is -1.27. The summed E-state index contributed by atoms with van der Waals surface area (Å²) in [4.78, 5) is 29.3. The Labute approximate surface area is 113 Å². The van der Waals surface area contributed by atoms with Crippen LogP contribution in [0.1, 0.15) is 20.8 Å². The molecule has 0 amide bonds. The minimum Gasteiger partial charge on any atom is -0.465 e. The third-order valence-corrected chi connectivity index (χ3v) is 2.95. The van der Waals surface area contributed by atoms with Crippen LogP contribution < -0.4 is 0 Å². The topological polar surface area (TPSA) is 68.2 Å². The van der Waals surface area contributed by atoms with E-state index in [9.17, 15) is 9.59 Å². The van der Waals surface area contributed by atoms with E-state index in [1.807, 2.05) is 4.90 Å². The molecule has 6 heteroatoms. The molecule has 0 aromatic rings. The maximum atomic E-state index is 11.8. The Morgan fingerprint density at radius 3 is 2.47 bits per heavy atom. The Morgan fingerprint density at radius 2 is 1.95 bits per heavy atom. The summed E-state index contributed by atoms with van der Waals surface area (Å²) in [6.07, 6.45) is 0. The van der Waals surface area contributed by atoms with Crippen LogP contribution >= 0.6 is 0 Å². The molecule has 1 unspecified atom stereocenters. The number of carbonyl (C=O) groups excluding carboxylic acids is 2. The number of esters is 1. The maximum Gasteiger partial charge on any atom is 0.327 e. The van der Waals surface area contributed by atoms with Gasteiger partial charge in [-0.25, -0.2) is 0 Å². The molecule has 1 fully saturated rings. The summed E-state index contributed by atoms with van der Waals surface area (Å²) < 4.78 is 10.1. The second-order valence-corrected chi connectivity index (χ2v) is 4.42. The van der Waals surface area contributed by atoms with Crippen molar-refractivity contribution in [3.63, 3.8) is 0 Å². The van der Waals surface area contributed by atoms with E-state index in [1.165, 1.54) is 0 Å². The van der Waals surface area contributed by atoms with Crippen LogP contribution in [0.15, 0.2) is 4.99 Å². The largest absolute Gasteiger partial charge is 0.465 e. The predicted molar refractivity (Wildman–Crippen MR) is 71.5 cm³/mol. The molecule has 0 spiro atoms. The highest BCUT2D eigenvalue weighted by Gasteiger charge is 2.27. The van der Waals surface area contributed by atoms with E-state index in [0.29, 0.717) is 38.6 Å². The number of morpholine rings is 1. The van der Waals surface area contributed by atoms with E-state index in [2.05, 4.69) is 4.99 Å². The lowest BCUT2D eigenvalue weighted by molar-refractivity contribution is -0.141. The molecule has 1 heterocycles. The highest BCUT2D eigenvalue weighted by molar-refractivity contribution is 6.07. The van der Waals surface area contributed by atoms with Gasteiger partial charge in [-0.05, 0) is 20.8 Å². The van der Waals surface area contributed by atoms with Crippen molar-refractivity contribution in [1.82, 2.24) is 4.90 Å². The minimum absolute atomic E-state index is 0.0339. The highest BCUT2D eigenvalue weighted by Crippen LogP contribution is 2.07. The molecule has 1 saturated heterocycles.